The highest BCUT2D eigenvalue weighted by atomic mass is 32.1. The lowest BCUT2D eigenvalue weighted by Crippen LogP contribution is -2.45. The molecule has 0 bridgehead atoms. The molecule has 2 N–H and O–H groups in total. The summed E-state index contributed by atoms with van der Waals surface area (Å²) >= 11 is 1.72. The summed E-state index contributed by atoms with van der Waals surface area (Å²) in [6, 6.07) is 22.2. The molecule has 5 aromatic rings. The van der Waals surface area contributed by atoms with Gasteiger partial charge in [0.2, 0.25) is 0 Å². The first-order valence-corrected chi connectivity index (χ1v) is 13.5. The van der Waals surface area contributed by atoms with Crippen molar-refractivity contribution < 1.29 is 4.74 Å². The Labute approximate surface area is 225 Å². The minimum atomic E-state index is 0.188. The number of rotatable bonds is 5. The van der Waals surface area contributed by atoms with Crippen molar-refractivity contribution in [2.45, 2.75) is 33.0 Å². The monoisotopic (exact) mass is 520 g/mol. The number of anilines is 3. The van der Waals surface area contributed by atoms with Crippen molar-refractivity contribution in [1.29, 1.82) is 5.26 Å². The number of hydrogen-bond acceptors (Lipinski definition) is 7. The second-order valence-corrected chi connectivity index (χ2v) is 10.8. The zero-order valence-corrected chi connectivity index (χ0v) is 22.3. The van der Waals surface area contributed by atoms with Gasteiger partial charge in [0.15, 0.2) is 5.13 Å². The summed E-state index contributed by atoms with van der Waals surface area (Å²) < 4.78 is 7.05. The van der Waals surface area contributed by atoms with Crippen molar-refractivity contribution in [1.82, 2.24) is 15.0 Å². The zero-order chi connectivity index (χ0) is 26.2. The van der Waals surface area contributed by atoms with Gasteiger partial charge in [-0.25, -0.2) is 9.97 Å². The van der Waals surface area contributed by atoms with E-state index >= 15 is 0 Å². The van der Waals surface area contributed by atoms with Gasteiger partial charge >= 0.3 is 0 Å². The zero-order valence-electron chi connectivity index (χ0n) is 21.5. The maximum atomic E-state index is 9.07. The fourth-order valence-electron chi connectivity index (χ4n) is 4.94. The molecule has 6 rings (SSSR count). The average molecular weight is 521 g/mol. The molecule has 0 saturated carbocycles. The standard InChI is InChI=1S/C30H28N6OS/c1-18-7-12-23(13-24(18)29-32-15-27(34-29)22-10-8-21(14-31)9-11-22)33-25-5-4-6-26-28(25)38-30(35-26)36-16-19(2)37-20(3)17-36/h4-13,15,19-20,33H,16-17H2,1-3H3,(H,32,34)/t19-,20+. The number of morpholine rings is 1. The Morgan fingerprint density at radius 1 is 1.08 bits per heavy atom. The van der Waals surface area contributed by atoms with E-state index in [4.69, 9.17) is 15.0 Å². The van der Waals surface area contributed by atoms with Gasteiger partial charge in [-0.1, -0.05) is 35.6 Å². The summed E-state index contributed by atoms with van der Waals surface area (Å²) in [6.07, 6.45) is 2.21. The number of H-pyrrole nitrogens is 1. The van der Waals surface area contributed by atoms with Crippen molar-refractivity contribution >= 4 is 38.1 Å². The number of aromatic amines is 1. The number of fused-ring (bicyclic) bond motifs is 1. The van der Waals surface area contributed by atoms with Gasteiger partial charge in [-0.2, -0.15) is 5.26 Å². The Morgan fingerprint density at radius 3 is 2.63 bits per heavy atom. The molecule has 7 nitrogen and oxygen atoms in total. The summed E-state index contributed by atoms with van der Waals surface area (Å²) in [5.41, 5.74) is 7.72. The largest absolute Gasteiger partial charge is 0.372 e. The number of aromatic nitrogens is 3. The molecule has 0 amide bonds. The van der Waals surface area contributed by atoms with E-state index in [0.717, 1.165) is 68.0 Å². The Morgan fingerprint density at radius 2 is 1.87 bits per heavy atom. The first kappa shape index (κ1) is 24.2. The number of nitrogens with zero attached hydrogens (tertiary/aromatic N) is 4. The fraction of sp³-hybridized carbons (Fsp3) is 0.233. The summed E-state index contributed by atoms with van der Waals surface area (Å²) in [5, 5.41) is 13.7. The van der Waals surface area contributed by atoms with Crippen molar-refractivity contribution in [3.8, 4) is 28.7 Å². The molecule has 1 saturated heterocycles. The molecule has 0 aliphatic carbocycles. The number of thiazole rings is 1. The number of ether oxygens (including phenoxy) is 1. The van der Waals surface area contributed by atoms with Crippen LogP contribution in [0.25, 0.3) is 32.9 Å². The van der Waals surface area contributed by atoms with Gasteiger partial charge in [0, 0.05) is 24.3 Å². The molecule has 1 fully saturated rings. The minimum absolute atomic E-state index is 0.188. The molecular formula is C30H28N6OS. The van der Waals surface area contributed by atoms with E-state index in [2.05, 4.69) is 77.4 Å². The third kappa shape index (κ3) is 4.74. The average Bonchev–Trinajstić information content (AvgIpc) is 3.58. The van der Waals surface area contributed by atoms with Crippen LogP contribution in [0.3, 0.4) is 0 Å². The predicted octanol–water partition coefficient (Wildman–Crippen LogP) is 6.89. The molecular weight excluding hydrogens is 492 g/mol. The molecule has 1 aliphatic rings. The van der Waals surface area contributed by atoms with Crippen LogP contribution < -0.4 is 10.2 Å². The molecule has 38 heavy (non-hydrogen) atoms. The highest BCUT2D eigenvalue weighted by Crippen LogP contribution is 2.37. The lowest BCUT2D eigenvalue weighted by atomic mass is 10.1. The van der Waals surface area contributed by atoms with Crippen LogP contribution in [0.4, 0.5) is 16.5 Å². The van der Waals surface area contributed by atoms with Crippen molar-refractivity contribution in [3.63, 3.8) is 0 Å². The smallest absolute Gasteiger partial charge is 0.186 e. The van der Waals surface area contributed by atoms with Crippen LogP contribution in [0.1, 0.15) is 25.0 Å². The first-order chi connectivity index (χ1) is 18.5. The molecule has 0 spiro atoms. The SMILES string of the molecule is Cc1ccc(Nc2cccc3nc(N4C[C@@H](C)O[C@@H](C)C4)sc23)cc1-c1ncc(-c2ccc(C#N)cc2)[nH]1. The maximum absolute atomic E-state index is 9.07. The second kappa shape index (κ2) is 9.93. The van der Waals surface area contributed by atoms with E-state index in [9.17, 15) is 0 Å². The van der Waals surface area contributed by atoms with Gasteiger partial charge in [-0.3, -0.25) is 0 Å². The quantitative estimate of drug-likeness (QED) is 0.262. The molecule has 3 heterocycles. The molecule has 2 aromatic heterocycles. The molecule has 1 aliphatic heterocycles. The van der Waals surface area contributed by atoms with E-state index in [1.807, 2.05) is 36.5 Å². The number of aryl methyl sites for hydroxylation is 1. The highest BCUT2D eigenvalue weighted by molar-refractivity contribution is 7.22. The molecule has 8 heteroatoms. The van der Waals surface area contributed by atoms with Crippen LogP contribution in [0.15, 0.2) is 66.9 Å². The number of benzene rings is 3. The van der Waals surface area contributed by atoms with Gasteiger partial charge in [0.25, 0.3) is 0 Å². The third-order valence-electron chi connectivity index (χ3n) is 6.77. The van der Waals surface area contributed by atoms with Crippen LogP contribution in [-0.4, -0.2) is 40.2 Å². The Kier molecular flexibility index (Phi) is 6.32. The van der Waals surface area contributed by atoms with Gasteiger partial charge in [-0.15, -0.1) is 0 Å². The number of nitriles is 1. The predicted molar refractivity (Wildman–Crippen MR) is 154 cm³/mol. The summed E-state index contributed by atoms with van der Waals surface area (Å²) in [4.78, 5) is 15.4. The van der Waals surface area contributed by atoms with Gasteiger partial charge in [0.1, 0.15) is 5.82 Å². The van der Waals surface area contributed by atoms with Crippen LogP contribution >= 0.6 is 11.3 Å². The first-order valence-electron chi connectivity index (χ1n) is 12.7. The molecule has 0 radical (unpaired) electrons. The maximum Gasteiger partial charge on any atom is 0.186 e. The third-order valence-corrected chi connectivity index (χ3v) is 7.93. The van der Waals surface area contributed by atoms with Crippen molar-refractivity contribution in [3.05, 3.63) is 78.0 Å². The van der Waals surface area contributed by atoms with Crippen LogP contribution in [0.5, 0.6) is 0 Å². The van der Waals surface area contributed by atoms with Crippen molar-refractivity contribution in [2.75, 3.05) is 23.3 Å². The molecule has 0 unspecified atom stereocenters. The Hall–Kier alpha value is -4.19. The lowest BCUT2D eigenvalue weighted by molar-refractivity contribution is -0.00521. The Balaban J connectivity index is 1.28. The lowest BCUT2D eigenvalue weighted by Gasteiger charge is -2.35. The number of imidazole rings is 1. The van der Waals surface area contributed by atoms with Gasteiger partial charge < -0.3 is 19.9 Å². The van der Waals surface area contributed by atoms with Gasteiger partial charge in [0.05, 0.1) is 51.6 Å². The molecule has 190 valence electrons. The molecule has 3 aromatic carbocycles. The van der Waals surface area contributed by atoms with E-state index in [-0.39, 0.29) is 12.2 Å². The fourth-order valence-corrected chi connectivity index (χ4v) is 6.00. The van der Waals surface area contributed by atoms with E-state index in [1.165, 1.54) is 0 Å². The van der Waals surface area contributed by atoms with Crippen LogP contribution in [0, 0.1) is 18.3 Å². The minimum Gasteiger partial charge on any atom is -0.372 e. The topological polar surface area (TPSA) is 89.9 Å². The second-order valence-electron chi connectivity index (χ2n) is 9.80. The summed E-state index contributed by atoms with van der Waals surface area (Å²) in [5.74, 6) is 0.805. The summed E-state index contributed by atoms with van der Waals surface area (Å²) in [7, 11) is 0. The number of hydrogen-bond donors (Lipinski definition) is 2. The highest BCUT2D eigenvalue weighted by Gasteiger charge is 2.25. The normalized spacial score (nSPS) is 17.5. The van der Waals surface area contributed by atoms with Gasteiger partial charge in [-0.05, 0) is 68.3 Å². The van der Waals surface area contributed by atoms with Crippen molar-refractivity contribution in [2.24, 2.45) is 0 Å². The van der Waals surface area contributed by atoms with E-state index in [0.29, 0.717) is 5.56 Å². The van der Waals surface area contributed by atoms with Crippen LogP contribution in [-0.2, 0) is 4.74 Å². The van der Waals surface area contributed by atoms with E-state index < -0.39 is 0 Å². The van der Waals surface area contributed by atoms with E-state index in [1.54, 1.807) is 11.3 Å². The summed E-state index contributed by atoms with van der Waals surface area (Å²) in [6.45, 7) is 8.02. The van der Waals surface area contributed by atoms with Crippen LogP contribution in [0.2, 0.25) is 0 Å². The Bertz CT molecular complexity index is 1640. The molecule has 2 atom stereocenters. The number of nitrogens with one attached hydrogen (secondary N) is 2.